The monoisotopic (exact) mass is 262 g/mol. The maximum Gasteiger partial charge on any atom is 0.289 e. The van der Waals surface area contributed by atoms with Crippen molar-refractivity contribution < 1.29 is 10.0 Å². The fourth-order valence-corrected chi connectivity index (χ4v) is 2.22. The maximum absolute atomic E-state index is 10.5. The normalized spacial score (nSPS) is 12.4. The Bertz CT molecular complexity index is 389. The third-order valence-electron chi connectivity index (χ3n) is 1.85. The first-order valence-electron chi connectivity index (χ1n) is 4.62. The van der Waals surface area contributed by atoms with Crippen LogP contribution in [-0.2, 0) is 0 Å². The Balaban J connectivity index is 2.79. The van der Waals surface area contributed by atoms with Gasteiger partial charge in [-0.3, -0.25) is 10.1 Å². The van der Waals surface area contributed by atoms with E-state index in [1.165, 1.54) is 24.0 Å². The van der Waals surface area contributed by atoms with E-state index in [2.05, 4.69) is 4.98 Å². The number of rotatable bonds is 5. The number of aliphatic hydroxyl groups excluding tert-OH is 1. The van der Waals surface area contributed by atoms with E-state index in [1.807, 2.05) is 6.92 Å². The zero-order valence-electron chi connectivity index (χ0n) is 8.59. The van der Waals surface area contributed by atoms with Crippen LogP contribution in [0, 0.1) is 10.1 Å². The van der Waals surface area contributed by atoms with E-state index in [1.54, 1.807) is 0 Å². The molecule has 0 bridgehead atoms. The van der Waals surface area contributed by atoms with Crippen molar-refractivity contribution in [2.24, 2.45) is 0 Å². The first kappa shape index (κ1) is 13.2. The van der Waals surface area contributed by atoms with Crippen LogP contribution in [0.2, 0.25) is 5.02 Å². The fourth-order valence-electron chi connectivity index (χ4n) is 1.03. The predicted molar refractivity (Wildman–Crippen MR) is 62.9 cm³/mol. The summed E-state index contributed by atoms with van der Waals surface area (Å²) in [5.74, 6) is 0. The summed E-state index contributed by atoms with van der Waals surface area (Å²) in [6.45, 7) is 2.03. The van der Waals surface area contributed by atoms with Crippen molar-refractivity contribution in [3.05, 3.63) is 27.4 Å². The van der Waals surface area contributed by atoms with E-state index in [-0.39, 0.29) is 22.6 Å². The molecule has 1 heterocycles. The molecular weight excluding hydrogens is 252 g/mol. The largest absolute Gasteiger partial charge is 0.396 e. The third kappa shape index (κ3) is 3.62. The summed E-state index contributed by atoms with van der Waals surface area (Å²) in [5.41, 5.74) is -0.121. The van der Waals surface area contributed by atoms with Crippen molar-refractivity contribution in [3.63, 3.8) is 0 Å². The number of aromatic nitrogens is 1. The molecule has 0 aromatic carbocycles. The first-order valence-corrected chi connectivity index (χ1v) is 5.87. The molecule has 1 aromatic rings. The Morgan fingerprint density at radius 1 is 1.75 bits per heavy atom. The minimum atomic E-state index is -0.537. The summed E-state index contributed by atoms with van der Waals surface area (Å²) in [7, 11) is 0. The average molecular weight is 263 g/mol. The van der Waals surface area contributed by atoms with Crippen LogP contribution in [0.3, 0.4) is 0 Å². The number of nitrogens with zero attached hydrogens (tertiary/aromatic N) is 2. The van der Waals surface area contributed by atoms with Gasteiger partial charge in [0.2, 0.25) is 0 Å². The molecule has 16 heavy (non-hydrogen) atoms. The SMILES string of the molecule is CC(CCO)Sc1ncc([N+](=O)[O-])cc1Cl. The van der Waals surface area contributed by atoms with E-state index >= 15 is 0 Å². The summed E-state index contributed by atoms with van der Waals surface area (Å²) in [4.78, 5) is 13.8. The minimum Gasteiger partial charge on any atom is -0.396 e. The molecule has 0 saturated carbocycles. The summed E-state index contributed by atoms with van der Waals surface area (Å²) in [6, 6.07) is 1.28. The Kier molecular flexibility index (Phi) is 4.98. The standard InChI is InChI=1S/C9H11ClN2O3S/c1-6(2-3-13)16-9-8(10)4-7(5-11-9)12(14)15/h4-6,13H,2-3H2,1H3. The van der Waals surface area contributed by atoms with Crippen LogP contribution in [-0.4, -0.2) is 26.9 Å². The van der Waals surface area contributed by atoms with Crippen LogP contribution in [0.15, 0.2) is 17.3 Å². The van der Waals surface area contributed by atoms with Gasteiger partial charge in [0.25, 0.3) is 5.69 Å². The van der Waals surface area contributed by atoms with Gasteiger partial charge in [0.15, 0.2) is 0 Å². The zero-order valence-corrected chi connectivity index (χ0v) is 10.2. The number of hydrogen-bond acceptors (Lipinski definition) is 5. The molecule has 88 valence electrons. The quantitative estimate of drug-likeness (QED) is 0.501. The Hall–Kier alpha value is -0.850. The van der Waals surface area contributed by atoms with Gasteiger partial charge in [-0.15, -0.1) is 11.8 Å². The number of nitro groups is 1. The van der Waals surface area contributed by atoms with Crippen molar-refractivity contribution in [1.82, 2.24) is 4.98 Å². The highest BCUT2D eigenvalue weighted by molar-refractivity contribution is 7.99. The number of aliphatic hydroxyl groups is 1. The molecule has 1 atom stereocenters. The zero-order chi connectivity index (χ0) is 12.1. The van der Waals surface area contributed by atoms with E-state index in [0.717, 1.165) is 0 Å². The molecule has 0 amide bonds. The lowest BCUT2D eigenvalue weighted by Gasteiger charge is -2.09. The molecule has 1 unspecified atom stereocenters. The average Bonchev–Trinajstić information content (AvgIpc) is 2.21. The van der Waals surface area contributed by atoms with E-state index in [0.29, 0.717) is 11.4 Å². The number of thioether (sulfide) groups is 1. The second kappa shape index (κ2) is 6.03. The first-order chi connectivity index (χ1) is 7.54. The minimum absolute atomic E-state index is 0.0960. The highest BCUT2D eigenvalue weighted by atomic mass is 35.5. The van der Waals surface area contributed by atoms with Gasteiger partial charge in [0.1, 0.15) is 11.2 Å². The van der Waals surface area contributed by atoms with Crippen LogP contribution >= 0.6 is 23.4 Å². The van der Waals surface area contributed by atoms with Gasteiger partial charge in [0.05, 0.1) is 9.95 Å². The summed E-state index contributed by atoms with van der Waals surface area (Å²) < 4.78 is 0. The van der Waals surface area contributed by atoms with Crippen LogP contribution in [0.5, 0.6) is 0 Å². The smallest absolute Gasteiger partial charge is 0.289 e. The molecule has 0 aliphatic carbocycles. The lowest BCUT2D eigenvalue weighted by molar-refractivity contribution is -0.385. The molecular formula is C9H11ClN2O3S. The second-order valence-electron chi connectivity index (χ2n) is 3.18. The number of hydrogen-bond donors (Lipinski definition) is 1. The second-order valence-corrected chi connectivity index (χ2v) is 5.01. The molecule has 7 heteroatoms. The number of halogens is 1. The molecule has 1 rings (SSSR count). The van der Waals surface area contributed by atoms with Crippen LogP contribution < -0.4 is 0 Å². The fraction of sp³-hybridized carbons (Fsp3) is 0.444. The van der Waals surface area contributed by atoms with Crippen molar-refractivity contribution in [1.29, 1.82) is 0 Å². The highest BCUT2D eigenvalue weighted by Gasteiger charge is 2.13. The van der Waals surface area contributed by atoms with E-state index in [4.69, 9.17) is 16.7 Å². The Labute approximate surface area is 102 Å². The van der Waals surface area contributed by atoms with Crippen molar-refractivity contribution >= 4 is 29.1 Å². The molecule has 0 saturated heterocycles. The van der Waals surface area contributed by atoms with Gasteiger partial charge in [-0.25, -0.2) is 4.98 Å². The molecule has 0 aliphatic rings. The van der Waals surface area contributed by atoms with Gasteiger partial charge >= 0.3 is 0 Å². The third-order valence-corrected chi connectivity index (χ3v) is 3.44. The van der Waals surface area contributed by atoms with Gasteiger partial charge in [-0.05, 0) is 6.42 Å². The topological polar surface area (TPSA) is 76.3 Å². The molecule has 0 aliphatic heterocycles. The van der Waals surface area contributed by atoms with Crippen molar-refractivity contribution in [2.75, 3.05) is 6.61 Å². The molecule has 0 fully saturated rings. The highest BCUT2D eigenvalue weighted by Crippen LogP contribution is 2.31. The van der Waals surface area contributed by atoms with E-state index in [9.17, 15) is 10.1 Å². The summed E-state index contributed by atoms with van der Waals surface area (Å²) >= 11 is 7.26. The predicted octanol–water partition coefficient (Wildman–Crippen LogP) is 2.51. The number of pyridine rings is 1. The van der Waals surface area contributed by atoms with Gasteiger partial charge in [-0.2, -0.15) is 0 Å². The van der Waals surface area contributed by atoms with Gasteiger partial charge in [-0.1, -0.05) is 18.5 Å². The summed E-state index contributed by atoms with van der Waals surface area (Å²) in [5, 5.41) is 20.2. The molecule has 5 nitrogen and oxygen atoms in total. The molecule has 0 radical (unpaired) electrons. The maximum atomic E-state index is 10.5. The molecule has 1 aromatic heterocycles. The lowest BCUT2D eigenvalue weighted by Crippen LogP contribution is -2.00. The van der Waals surface area contributed by atoms with Crippen LogP contribution in [0.25, 0.3) is 0 Å². The van der Waals surface area contributed by atoms with Crippen LogP contribution in [0.1, 0.15) is 13.3 Å². The molecule has 0 spiro atoms. The molecule has 1 N–H and O–H groups in total. The lowest BCUT2D eigenvalue weighted by atomic mass is 10.3. The van der Waals surface area contributed by atoms with Gasteiger partial charge < -0.3 is 5.11 Å². The van der Waals surface area contributed by atoms with Crippen LogP contribution in [0.4, 0.5) is 5.69 Å². The summed E-state index contributed by atoms with van der Waals surface area (Å²) in [6.07, 6.45) is 1.81. The van der Waals surface area contributed by atoms with Crippen molar-refractivity contribution in [2.45, 2.75) is 23.6 Å². The van der Waals surface area contributed by atoms with E-state index < -0.39 is 4.92 Å². The Morgan fingerprint density at radius 3 is 2.94 bits per heavy atom. The van der Waals surface area contributed by atoms with Gasteiger partial charge in [0, 0.05) is 17.9 Å². The Morgan fingerprint density at radius 2 is 2.44 bits per heavy atom. The van der Waals surface area contributed by atoms with Crippen molar-refractivity contribution in [3.8, 4) is 0 Å².